The zero-order valence-electron chi connectivity index (χ0n) is 10.2. The van der Waals surface area contributed by atoms with Crippen molar-refractivity contribution in [1.82, 2.24) is 0 Å². The average Bonchev–Trinajstić information content (AvgIpc) is 2.24. The van der Waals surface area contributed by atoms with Gasteiger partial charge in [0.1, 0.15) is 6.29 Å². The highest BCUT2D eigenvalue weighted by Crippen LogP contribution is 2.15. The highest BCUT2D eigenvalue weighted by Gasteiger charge is 2.15. The van der Waals surface area contributed by atoms with E-state index >= 15 is 0 Å². The Hall–Kier alpha value is -0.410. The summed E-state index contributed by atoms with van der Waals surface area (Å²) >= 11 is 0. The number of hydrogen-bond donors (Lipinski definition) is 0. The third kappa shape index (κ3) is 7.51. The van der Waals surface area contributed by atoms with Crippen LogP contribution in [0.3, 0.4) is 0 Å². The first kappa shape index (κ1) is 14.6. The average molecular weight is 216 g/mol. The van der Waals surface area contributed by atoms with Crippen LogP contribution < -0.4 is 0 Å². The molecule has 15 heavy (non-hydrogen) atoms. The van der Waals surface area contributed by atoms with Crippen LogP contribution in [-0.4, -0.2) is 25.8 Å². The van der Waals surface area contributed by atoms with Gasteiger partial charge in [-0.2, -0.15) is 0 Å². The molecule has 3 heteroatoms. The van der Waals surface area contributed by atoms with Crippen molar-refractivity contribution in [3.8, 4) is 0 Å². The zero-order valence-corrected chi connectivity index (χ0v) is 10.2. The predicted octanol–water partition coefficient (Wildman–Crippen LogP) is 2.78. The third-order valence-corrected chi connectivity index (χ3v) is 2.32. The van der Waals surface area contributed by atoms with Crippen LogP contribution in [0.1, 0.15) is 46.5 Å². The standard InChI is InChI=1S/C12H24O3/c1-4-7-8-11(10-13)9-12(14-5-2)15-6-3/h10-12H,4-9H2,1-3H3. The predicted molar refractivity (Wildman–Crippen MR) is 60.7 cm³/mol. The van der Waals surface area contributed by atoms with Crippen molar-refractivity contribution in [2.24, 2.45) is 5.92 Å². The molecule has 0 saturated carbocycles. The molecule has 0 aliphatic rings. The monoisotopic (exact) mass is 216 g/mol. The Kier molecular flexibility index (Phi) is 9.84. The summed E-state index contributed by atoms with van der Waals surface area (Å²) < 4.78 is 10.8. The summed E-state index contributed by atoms with van der Waals surface area (Å²) in [5.74, 6) is 0.0769. The molecule has 1 atom stereocenters. The van der Waals surface area contributed by atoms with Gasteiger partial charge in [-0.1, -0.05) is 19.8 Å². The normalized spacial score (nSPS) is 13.1. The number of hydrogen-bond acceptors (Lipinski definition) is 3. The third-order valence-electron chi connectivity index (χ3n) is 2.32. The van der Waals surface area contributed by atoms with E-state index in [2.05, 4.69) is 6.92 Å². The van der Waals surface area contributed by atoms with Gasteiger partial charge in [-0.05, 0) is 20.3 Å². The first-order chi connectivity index (χ1) is 7.28. The van der Waals surface area contributed by atoms with Gasteiger partial charge in [0.05, 0.1) is 0 Å². The smallest absolute Gasteiger partial charge is 0.158 e. The molecular weight excluding hydrogens is 192 g/mol. The van der Waals surface area contributed by atoms with Crippen molar-refractivity contribution in [3.05, 3.63) is 0 Å². The van der Waals surface area contributed by atoms with E-state index in [1.165, 1.54) is 0 Å². The molecule has 0 heterocycles. The molecule has 0 aromatic carbocycles. The number of ether oxygens (including phenoxy) is 2. The fourth-order valence-electron chi connectivity index (χ4n) is 1.51. The van der Waals surface area contributed by atoms with E-state index in [-0.39, 0.29) is 12.2 Å². The van der Waals surface area contributed by atoms with Crippen molar-refractivity contribution in [2.75, 3.05) is 13.2 Å². The number of carbonyl (C=O) groups excluding carboxylic acids is 1. The first-order valence-electron chi connectivity index (χ1n) is 5.96. The summed E-state index contributed by atoms with van der Waals surface area (Å²) in [5, 5.41) is 0. The Morgan fingerprint density at radius 3 is 2.13 bits per heavy atom. The summed E-state index contributed by atoms with van der Waals surface area (Å²) in [5.41, 5.74) is 0. The minimum atomic E-state index is -0.216. The van der Waals surface area contributed by atoms with Gasteiger partial charge in [-0.15, -0.1) is 0 Å². The molecule has 90 valence electrons. The molecule has 0 amide bonds. The van der Waals surface area contributed by atoms with E-state index in [9.17, 15) is 4.79 Å². The molecule has 3 nitrogen and oxygen atoms in total. The van der Waals surface area contributed by atoms with E-state index in [0.717, 1.165) is 25.5 Å². The van der Waals surface area contributed by atoms with Crippen molar-refractivity contribution < 1.29 is 14.3 Å². The van der Waals surface area contributed by atoms with Crippen molar-refractivity contribution in [1.29, 1.82) is 0 Å². The van der Waals surface area contributed by atoms with E-state index in [0.29, 0.717) is 19.6 Å². The van der Waals surface area contributed by atoms with Crippen molar-refractivity contribution >= 4 is 6.29 Å². The summed E-state index contributed by atoms with van der Waals surface area (Å²) in [7, 11) is 0. The second-order valence-electron chi connectivity index (χ2n) is 3.61. The molecule has 0 aromatic rings. The maximum atomic E-state index is 10.8. The van der Waals surface area contributed by atoms with Gasteiger partial charge in [0, 0.05) is 25.6 Å². The number of carbonyl (C=O) groups is 1. The lowest BCUT2D eigenvalue weighted by atomic mass is 10.00. The molecular formula is C12H24O3. The fraction of sp³-hybridized carbons (Fsp3) is 0.917. The molecule has 0 bridgehead atoms. The molecule has 0 rings (SSSR count). The lowest BCUT2D eigenvalue weighted by Gasteiger charge is -2.19. The van der Waals surface area contributed by atoms with Crippen LogP contribution in [0.4, 0.5) is 0 Å². The van der Waals surface area contributed by atoms with Crippen LogP contribution in [0.2, 0.25) is 0 Å². The lowest BCUT2D eigenvalue weighted by Crippen LogP contribution is -2.22. The van der Waals surface area contributed by atoms with E-state index in [1.54, 1.807) is 0 Å². The Morgan fingerprint density at radius 1 is 1.13 bits per heavy atom. The van der Waals surface area contributed by atoms with E-state index < -0.39 is 0 Å². The Bertz CT molecular complexity index is 142. The van der Waals surface area contributed by atoms with Crippen molar-refractivity contribution in [2.45, 2.75) is 52.7 Å². The van der Waals surface area contributed by atoms with Gasteiger partial charge in [0.25, 0.3) is 0 Å². The summed E-state index contributed by atoms with van der Waals surface area (Å²) in [6.45, 7) is 7.26. The summed E-state index contributed by atoms with van der Waals surface area (Å²) in [6.07, 6.45) is 4.65. The number of aldehydes is 1. The number of rotatable bonds is 10. The zero-order chi connectivity index (χ0) is 11.5. The largest absolute Gasteiger partial charge is 0.353 e. The summed E-state index contributed by atoms with van der Waals surface area (Å²) in [4.78, 5) is 10.8. The molecule has 0 spiro atoms. The first-order valence-corrected chi connectivity index (χ1v) is 5.96. The van der Waals surface area contributed by atoms with E-state index in [4.69, 9.17) is 9.47 Å². The minimum absolute atomic E-state index is 0.0769. The second kappa shape index (κ2) is 10.1. The van der Waals surface area contributed by atoms with Crippen LogP contribution in [0.15, 0.2) is 0 Å². The van der Waals surface area contributed by atoms with Gasteiger partial charge in [0.15, 0.2) is 6.29 Å². The van der Waals surface area contributed by atoms with Crippen LogP contribution >= 0.6 is 0 Å². The van der Waals surface area contributed by atoms with Gasteiger partial charge >= 0.3 is 0 Å². The Balaban J connectivity index is 3.90. The Labute approximate surface area is 93.1 Å². The molecule has 0 radical (unpaired) electrons. The minimum Gasteiger partial charge on any atom is -0.353 e. The van der Waals surface area contributed by atoms with Gasteiger partial charge in [-0.3, -0.25) is 0 Å². The fourth-order valence-corrected chi connectivity index (χ4v) is 1.51. The molecule has 0 aromatic heterocycles. The topological polar surface area (TPSA) is 35.5 Å². The maximum Gasteiger partial charge on any atom is 0.158 e. The van der Waals surface area contributed by atoms with E-state index in [1.807, 2.05) is 13.8 Å². The quantitative estimate of drug-likeness (QED) is 0.416. The van der Waals surface area contributed by atoms with Crippen LogP contribution in [0, 0.1) is 5.92 Å². The van der Waals surface area contributed by atoms with Crippen LogP contribution in [-0.2, 0) is 14.3 Å². The van der Waals surface area contributed by atoms with Crippen LogP contribution in [0.5, 0.6) is 0 Å². The molecule has 0 aliphatic heterocycles. The highest BCUT2D eigenvalue weighted by molar-refractivity contribution is 5.53. The Morgan fingerprint density at radius 2 is 1.73 bits per heavy atom. The SMILES string of the molecule is CCCCC(C=O)CC(OCC)OCC. The molecule has 0 fully saturated rings. The molecule has 0 N–H and O–H groups in total. The molecule has 0 saturated heterocycles. The second-order valence-corrected chi connectivity index (χ2v) is 3.61. The lowest BCUT2D eigenvalue weighted by molar-refractivity contribution is -0.149. The molecule has 0 aliphatic carbocycles. The van der Waals surface area contributed by atoms with Gasteiger partial charge < -0.3 is 14.3 Å². The molecule has 1 unspecified atom stereocenters. The number of unbranched alkanes of at least 4 members (excludes halogenated alkanes) is 1. The van der Waals surface area contributed by atoms with Crippen LogP contribution in [0.25, 0.3) is 0 Å². The van der Waals surface area contributed by atoms with Gasteiger partial charge in [-0.25, -0.2) is 0 Å². The van der Waals surface area contributed by atoms with Crippen molar-refractivity contribution in [3.63, 3.8) is 0 Å². The maximum absolute atomic E-state index is 10.8. The summed E-state index contributed by atoms with van der Waals surface area (Å²) in [6, 6.07) is 0. The highest BCUT2D eigenvalue weighted by atomic mass is 16.7. The van der Waals surface area contributed by atoms with Gasteiger partial charge in [0.2, 0.25) is 0 Å².